The van der Waals surface area contributed by atoms with E-state index in [1.807, 2.05) is 0 Å². The first-order chi connectivity index (χ1) is 5.75. The van der Waals surface area contributed by atoms with E-state index >= 15 is 0 Å². The summed E-state index contributed by atoms with van der Waals surface area (Å²) in [5.74, 6) is 0. The van der Waals surface area contributed by atoms with Gasteiger partial charge in [0.05, 0.1) is 0 Å². The van der Waals surface area contributed by atoms with Crippen LogP contribution in [0.4, 0.5) is 0 Å². The Morgan fingerprint density at radius 1 is 1.23 bits per heavy atom. The lowest BCUT2D eigenvalue weighted by atomic mass is 9.98. The second kappa shape index (κ2) is 3.90. The molecule has 0 saturated heterocycles. The molecule has 2 nitrogen and oxygen atoms in total. The van der Waals surface area contributed by atoms with E-state index in [-0.39, 0.29) is 5.48 Å². The third-order valence-electron chi connectivity index (χ3n) is 2.56. The zero-order chi connectivity index (χ0) is 8.55. The van der Waals surface area contributed by atoms with Crippen molar-refractivity contribution < 1.29 is 5.48 Å². The summed E-state index contributed by atoms with van der Waals surface area (Å²) in [7, 11) is 2.19. The summed E-state index contributed by atoms with van der Waals surface area (Å²) in [5.41, 5.74) is 4.44. The van der Waals surface area contributed by atoms with Crippen molar-refractivity contribution in [2.75, 3.05) is 13.6 Å². The minimum atomic E-state index is 0. The van der Waals surface area contributed by atoms with Crippen LogP contribution in [0.25, 0.3) is 0 Å². The first-order valence-electron chi connectivity index (χ1n) is 4.52. The van der Waals surface area contributed by atoms with Crippen LogP contribution in [0.1, 0.15) is 16.7 Å². The van der Waals surface area contributed by atoms with E-state index in [9.17, 15) is 0 Å². The lowest BCUT2D eigenvalue weighted by molar-refractivity contribution is 0.313. The summed E-state index contributed by atoms with van der Waals surface area (Å²) >= 11 is 0. The van der Waals surface area contributed by atoms with Gasteiger partial charge in [0, 0.05) is 13.1 Å². The predicted octanol–water partition coefficient (Wildman–Crippen LogP) is 1.16. The van der Waals surface area contributed by atoms with Gasteiger partial charge in [-0.05, 0) is 31.5 Å². The fourth-order valence-corrected chi connectivity index (χ4v) is 1.83. The number of hydrogen-bond donors (Lipinski definition) is 0. The van der Waals surface area contributed by atoms with E-state index in [0.29, 0.717) is 0 Å². The van der Waals surface area contributed by atoms with Crippen molar-refractivity contribution in [2.24, 2.45) is 0 Å². The van der Waals surface area contributed by atoms with E-state index in [4.69, 9.17) is 0 Å². The predicted molar refractivity (Wildman–Crippen MR) is 54.8 cm³/mol. The molecule has 0 unspecified atom stereocenters. The number of benzene rings is 1. The van der Waals surface area contributed by atoms with Crippen molar-refractivity contribution in [3.8, 4) is 0 Å². The van der Waals surface area contributed by atoms with Crippen molar-refractivity contribution in [2.45, 2.75) is 19.9 Å². The Balaban J connectivity index is 0.000000845. The minimum Gasteiger partial charge on any atom is -0.412 e. The average molecular weight is 179 g/mol. The van der Waals surface area contributed by atoms with Crippen LogP contribution < -0.4 is 0 Å². The number of likely N-dealkylation sites (N-methyl/N-ethyl adjacent to an activating group) is 1. The maximum atomic E-state index is 2.38. The molecule has 0 spiro atoms. The maximum Gasteiger partial charge on any atom is 0.0233 e. The molecule has 0 saturated carbocycles. The van der Waals surface area contributed by atoms with Gasteiger partial charge in [-0.3, -0.25) is 0 Å². The number of fused-ring (bicyclic) bond motifs is 1. The van der Waals surface area contributed by atoms with Gasteiger partial charge in [-0.2, -0.15) is 0 Å². The van der Waals surface area contributed by atoms with Crippen LogP contribution in [0.2, 0.25) is 0 Å². The van der Waals surface area contributed by atoms with Crippen molar-refractivity contribution in [1.82, 2.24) is 4.90 Å². The largest absolute Gasteiger partial charge is 0.412 e. The Morgan fingerprint density at radius 2 is 2.00 bits per heavy atom. The fourth-order valence-electron chi connectivity index (χ4n) is 1.83. The highest BCUT2D eigenvalue weighted by atomic mass is 16.0. The fraction of sp³-hybridized carbons (Fsp3) is 0.455. The molecule has 2 N–H and O–H groups in total. The number of hydrogen-bond acceptors (Lipinski definition) is 1. The molecule has 1 aliphatic heterocycles. The highest BCUT2D eigenvalue weighted by molar-refractivity contribution is 5.33. The Morgan fingerprint density at radius 3 is 2.77 bits per heavy atom. The van der Waals surface area contributed by atoms with Crippen molar-refractivity contribution in [3.63, 3.8) is 0 Å². The Labute approximate surface area is 79.5 Å². The molecular weight excluding hydrogens is 162 g/mol. The quantitative estimate of drug-likeness (QED) is 0.588. The summed E-state index contributed by atoms with van der Waals surface area (Å²) in [4.78, 5) is 2.38. The second-order valence-electron chi connectivity index (χ2n) is 3.76. The molecule has 1 aliphatic rings. The molecule has 0 aromatic heterocycles. The molecule has 1 aromatic rings. The average Bonchev–Trinajstić information content (AvgIpc) is 2.03. The molecule has 0 bridgehead atoms. The van der Waals surface area contributed by atoms with Gasteiger partial charge in [0.2, 0.25) is 0 Å². The highest BCUT2D eigenvalue weighted by Gasteiger charge is 2.11. The van der Waals surface area contributed by atoms with Gasteiger partial charge in [0.15, 0.2) is 0 Å². The van der Waals surface area contributed by atoms with Crippen LogP contribution in [0.5, 0.6) is 0 Å². The van der Waals surface area contributed by atoms with Crippen molar-refractivity contribution >= 4 is 0 Å². The number of aryl methyl sites for hydroxylation is 1. The van der Waals surface area contributed by atoms with Crippen molar-refractivity contribution in [1.29, 1.82) is 0 Å². The van der Waals surface area contributed by atoms with Gasteiger partial charge < -0.3 is 10.4 Å². The molecule has 0 fully saturated rings. The van der Waals surface area contributed by atoms with Gasteiger partial charge in [-0.15, -0.1) is 0 Å². The molecule has 1 aromatic carbocycles. The maximum absolute atomic E-state index is 2.38. The molecule has 0 aliphatic carbocycles. The van der Waals surface area contributed by atoms with Gasteiger partial charge in [0.1, 0.15) is 0 Å². The SMILES string of the molecule is Cc1ccc2c(c1)CN(C)CC2.O. The van der Waals surface area contributed by atoms with Crippen LogP contribution in [0, 0.1) is 6.92 Å². The summed E-state index contributed by atoms with van der Waals surface area (Å²) in [5, 5.41) is 0. The lowest BCUT2D eigenvalue weighted by Gasteiger charge is -2.25. The van der Waals surface area contributed by atoms with Crippen LogP contribution >= 0.6 is 0 Å². The Kier molecular flexibility index (Phi) is 3.07. The third kappa shape index (κ3) is 2.08. The molecule has 0 atom stereocenters. The molecule has 0 amide bonds. The zero-order valence-electron chi connectivity index (χ0n) is 8.30. The van der Waals surface area contributed by atoms with E-state index in [1.54, 1.807) is 5.56 Å². The molecular formula is C11H17NO. The first kappa shape index (κ1) is 10.2. The number of nitrogens with zero attached hydrogens (tertiary/aromatic N) is 1. The summed E-state index contributed by atoms with van der Waals surface area (Å²) in [6, 6.07) is 6.80. The van der Waals surface area contributed by atoms with E-state index in [2.05, 4.69) is 37.1 Å². The van der Waals surface area contributed by atoms with Gasteiger partial charge in [0.25, 0.3) is 0 Å². The number of rotatable bonds is 0. The second-order valence-corrected chi connectivity index (χ2v) is 3.76. The first-order valence-corrected chi connectivity index (χ1v) is 4.52. The lowest BCUT2D eigenvalue weighted by Crippen LogP contribution is -2.26. The van der Waals surface area contributed by atoms with Gasteiger partial charge in [-0.1, -0.05) is 23.8 Å². The monoisotopic (exact) mass is 179 g/mol. The zero-order valence-corrected chi connectivity index (χ0v) is 8.30. The van der Waals surface area contributed by atoms with Crippen LogP contribution in [0.15, 0.2) is 18.2 Å². The van der Waals surface area contributed by atoms with Crippen LogP contribution in [-0.2, 0) is 13.0 Å². The van der Waals surface area contributed by atoms with E-state index in [0.717, 1.165) is 6.54 Å². The molecule has 13 heavy (non-hydrogen) atoms. The van der Waals surface area contributed by atoms with Gasteiger partial charge in [-0.25, -0.2) is 0 Å². The third-order valence-corrected chi connectivity index (χ3v) is 2.56. The van der Waals surface area contributed by atoms with Gasteiger partial charge >= 0.3 is 0 Å². The Hall–Kier alpha value is -0.860. The van der Waals surface area contributed by atoms with E-state index < -0.39 is 0 Å². The Bertz CT molecular complexity index is 296. The molecule has 72 valence electrons. The summed E-state index contributed by atoms with van der Waals surface area (Å²) < 4.78 is 0. The minimum absolute atomic E-state index is 0. The molecule has 2 heteroatoms. The molecule has 2 rings (SSSR count). The topological polar surface area (TPSA) is 34.7 Å². The highest BCUT2D eigenvalue weighted by Crippen LogP contribution is 2.18. The molecule has 1 heterocycles. The summed E-state index contributed by atoms with van der Waals surface area (Å²) in [6.07, 6.45) is 1.21. The summed E-state index contributed by atoms with van der Waals surface area (Å²) in [6.45, 7) is 4.49. The molecule has 0 radical (unpaired) electrons. The standard InChI is InChI=1S/C11H15N.H2O/c1-9-3-4-10-5-6-12(2)8-11(10)7-9;/h3-4,7H,5-6,8H2,1-2H3;1H2. The normalized spacial score (nSPS) is 16.2. The van der Waals surface area contributed by atoms with E-state index in [1.165, 1.54) is 24.1 Å². The van der Waals surface area contributed by atoms with Crippen LogP contribution in [-0.4, -0.2) is 24.0 Å². The van der Waals surface area contributed by atoms with Crippen molar-refractivity contribution in [3.05, 3.63) is 34.9 Å². The van der Waals surface area contributed by atoms with Crippen LogP contribution in [0.3, 0.4) is 0 Å². The smallest absolute Gasteiger partial charge is 0.0233 e.